The van der Waals surface area contributed by atoms with Crippen molar-refractivity contribution >= 4 is 5.91 Å². The van der Waals surface area contributed by atoms with E-state index in [1.54, 1.807) is 0 Å². The summed E-state index contributed by atoms with van der Waals surface area (Å²) in [4.78, 5) is 11.4. The summed E-state index contributed by atoms with van der Waals surface area (Å²) >= 11 is 0. The maximum Gasteiger partial charge on any atom is 0.221 e. The molecule has 1 aliphatic heterocycles. The quantitative estimate of drug-likeness (QED) is 0.747. The maximum atomic E-state index is 11.4. The first kappa shape index (κ1) is 14.9. The van der Waals surface area contributed by atoms with Crippen LogP contribution in [0.5, 0.6) is 5.75 Å². The Morgan fingerprint density at radius 2 is 2.25 bits per heavy atom. The van der Waals surface area contributed by atoms with Crippen LogP contribution in [-0.4, -0.2) is 31.6 Å². The molecule has 2 N–H and O–H groups in total. The molecule has 1 atom stereocenters. The smallest absolute Gasteiger partial charge is 0.221 e. The minimum absolute atomic E-state index is 0.116. The van der Waals surface area contributed by atoms with Gasteiger partial charge in [0.1, 0.15) is 11.9 Å². The number of benzene rings is 1. The lowest BCUT2D eigenvalue weighted by Crippen LogP contribution is -2.33. The van der Waals surface area contributed by atoms with Crippen molar-refractivity contribution in [3.63, 3.8) is 0 Å². The van der Waals surface area contributed by atoms with E-state index in [1.807, 2.05) is 6.07 Å². The van der Waals surface area contributed by atoms with Gasteiger partial charge in [0, 0.05) is 32.5 Å². The molecule has 0 aliphatic carbocycles. The van der Waals surface area contributed by atoms with Crippen molar-refractivity contribution in [2.45, 2.75) is 39.2 Å². The number of amides is 1. The van der Waals surface area contributed by atoms with Gasteiger partial charge in [-0.25, -0.2) is 0 Å². The minimum Gasteiger partial charge on any atom is -0.488 e. The van der Waals surface area contributed by atoms with Crippen LogP contribution in [0.2, 0.25) is 0 Å². The fraction of sp³-hybridized carbons (Fsp3) is 0.562. The summed E-state index contributed by atoms with van der Waals surface area (Å²) in [5, 5.41) is 6.17. The van der Waals surface area contributed by atoms with Crippen molar-refractivity contribution in [1.29, 1.82) is 0 Å². The molecular formula is C16H24N2O2. The van der Waals surface area contributed by atoms with Crippen molar-refractivity contribution in [2.75, 3.05) is 19.6 Å². The number of nitrogens with one attached hydrogen (secondary N) is 2. The monoisotopic (exact) mass is 276 g/mol. The molecule has 2 rings (SSSR count). The summed E-state index contributed by atoms with van der Waals surface area (Å²) in [5.74, 6) is 1.12. The number of carbonyl (C=O) groups is 1. The molecular weight excluding hydrogens is 252 g/mol. The Morgan fingerprint density at radius 3 is 3.05 bits per heavy atom. The maximum absolute atomic E-state index is 11.4. The van der Waals surface area contributed by atoms with Crippen LogP contribution in [0.4, 0.5) is 0 Å². The Kier molecular flexibility index (Phi) is 5.41. The van der Waals surface area contributed by atoms with Gasteiger partial charge in [-0.1, -0.05) is 24.6 Å². The Bertz CT molecular complexity index is 460. The summed E-state index contributed by atoms with van der Waals surface area (Å²) in [5.41, 5.74) is 2.56. The van der Waals surface area contributed by atoms with Crippen LogP contribution in [0.3, 0.4) is 0 Å². The van der Waals surface area contributed by atoms with Gasteiger partial charge < -0.3 is 15.4 Å². The Balaban J connectivity index is 1.64. The predicted molar refractivity (Wildman–Crippen MR) is 80.1 cm³/mol. The van der Waals surface area contributed by atoms with Gasteiger partial charge in [-0.2, -0.15) is 0 Å². The van der Waals surface area contributed by atoms with Crippen molar-refractivity contribution in [1.82, 2.24) is 10.6 Å². The average Bonchev–Trinajstić information content (AvgIpc) is 2.83. The van der Waals surface area contributed by atoms with Crippen LogP contribution in [-0.2, 0) is 11.2 Å². The fourth-order valence-electron chi connectivity index (χ4n) is 2.38. The zero-order valence-corrected chi connectivity index (χ0v) is 12.4. The SMILES string of the molecule is CCCNC(=O)CCNCC1Cc2cc(C)ccc2O1. The number of ether oxygens (including phenoxy) is 1. The highest BCUT2D eigenvalue weighted by Gasteiger charge is 2.22. The second-order valence-electron chi connectivity index (χ2n) is 5.36. The number of hydrogen-bond donors (Lipinski definition) is 2. The molecule has 1 aromatic carbocycles. The van der Waals surface area contributed by atoms with E-state index in [-0.39, 0.29) is 12.0 Å². The zero-order valence-electron chi connectivity index (χ0n) is 12.4. The third kappa shape index (κ3) is 4.23. The summed E-state index contributed by atoms with van der Waals surface area (Å²) in [6, 6.07) is 6.31. The molecule has 20 heavy (non-hydrogen) atoms. The molecule has 1 heterocycles. The Hall–Kier alpha value is -1.55. The third-order valence-corrected chi connectivity index (χ3v) is 3.43. The third-order valence-electron chi connectivity index (χ3n) is 3.43. The van der Waals surface area contributed by atoms with Gasteiger partial charge in [0.05, 0.1) is 0 Å². The van der Waals surface area contributed by atoms with Crippen LogP contribution in [0.1, 0.15) is 30.9 Å². The number of rotatable bonds is 7. The number of aryl methyl sites for hydroxylation is 1. The summed E-state index contributed by atoms with van der Waals surface area (Å²) in [6.45, 7) is 6.40. The van der Waals surface area contributed by atoms with Gasteiger partial charge >= 0.3 is 0 Å². The first-order valence-electron chi connectivity index (χ1n) is 7.42. The second kappa shape index (κ2) is 7.29. The van der Waals surface area contributed by atoms with E-state index in [1.165, 1.54) is 11.1 Å². The van der Waals surface area contributed by atoms with Gasteiger partial charge in [-0.15, -0.1) is 0 Å². The van der Waals surface area contributed by atoms with E-state index in [4.69, 9.17) is 4.74 Å². The number of fused-ring (bicyclic) bond motifs is 1. The molecule has 0 saturated heterocycles. The molecule has 1 aliphatic rings. The lowest BCUT2D eigenvalue weighted by Gasteiger charge is -2.11. The molecule has 0 radical (unpaired) electrons. The van der Waals surface area contributed by atoms with E-state index < -0.39 is 0 Å². The van der Waals surface area contributed by atoms with Crippen molar-refractivity contribution in [3.8, 4) is 5.75 Å². The first-order valence-corrected chi connectivity index (χ1v) is 7.42. The largest absolute Gasteiger partial charge is 0.488 e. The van der Waals surface area contributed by atoms with E-state index in [0.29, 0.717) is 13.0 Å². The van der Waals surface area contributed by atoms with Crippen molar-refractivity contribution < 1.29 is 9.53 Å². The number of hydrogen-bond acceptors (Lipinski definition) is 3. The minimum atomic E-state index is 0.116. The van der Waals surface area contributed by atoms with Crippen LogP contribution >= 0.6 is 0 Å². The summed E-state index contributed by atoms with van der Waals surface area (Å²) < 4.78 is 5.87. The highest BCUT2D eigenvalue weighted by atomic mass is 16.5. The van der Waals surface area contributed by atoms with E-state index in [9.17, 15) is 4.79 Å². The molecule has 0 fully saturated rings. The molecule has 0 aromatic heterocycles. The lowest BCUT2D eigenvalue weighted by molar-refractivity contribution is -0.121. The van der Waals surface area contributed by atoms with E-state index in [0.717, 1.165) is 31.7 Å². The summed E-state index contributed by atoms with van der Waals surface area (Å²) in [7, 11) is 0. The van der Waals surface area contributed by atoms with Gasteiger partial charge in [0.15, 0.2) is 0 Å². The molecule has 0 saturated carbocycles. The normalized spacial score (nSPS) is 16.6. The zero-order chi connectivity index (χ0) is 14.4. The molecule has 1 aromatic rings. The Morgan fingerprint density at radius 1 is 1.40 bits per heavy atom. The molecule has 4 nitrogen and oxygen atoms in total. The second-order valence-corrected chi connectivity index (χ2v) is 5.36. The van der Waals surface area contributed by atoms with Crippen LogP contribution in [0, 0.1) is 6.92 Å². The molecule has 0 spiro atoms. The van der Waals surface area contributed by atoms with E-state index >= 15 is 0 Å². The van der Waals surface area contributed by atoms with Gasteiger partial charge in [-0.05, 0) is 25.0 Å². The molecule has 1 amide bonds. The van der Waals surface area contributed by atoms with Crippen LogP contribution in [0.15, 0.2) is 18.2 Å². The molecule has 1 unspecified atom stereocenters. The van der Waals surface area contributed by atoms with Gasteiger partial charge in [0.2, 0.25) is 5.91 Å². The topological polar surface area (TPSA) is 50.4 Å². The van der Waals surface area contributed by atoms with Crippen molar-refractivity contribution in [3.05, 3.63) is 29.3 Å². The van der Waals surface area contributed by atoms with Crippen LogP contribution < -0.4 is 15.4 Å². The average molecular weight is 276 g/mol. The standard InChI is InChI=1S/C16H24N2O2/c1-3-7-18-16(19)6-8-17-11-14-10-13-9-12(2)4-5-15(13)20-14/h4-5,9,14,17H,3,6-8,10-11H2,1-2H3,(H,18,19). The number of carbonyl (C=O) groups excluding carboxylic acids is 1. The molecule has 110 valence electrons. The first-order chi connectivity index (χ1) is 9.69. The van der Waals surface area contributed by atoms with Gasteiger partial charge in [0.25, 0.3) is 0 Å². The summed E-state index contributed by atoms with van der Waals surface area (Å²) in [6.07, 6.45) is 2.64. The fourth-order valence-corrected chi connectivity index (χ4v) is 2.38. The highest BCUT2D eigenvalue weighted by Crippen LogP contribution is 2.29. The van der Waals surface area contributed by atoms with Crippen molar-refractivity contribution in [2.24, 2.45) is 0 Å². The van der Waals surface area contributed by atoms with E-state index in [2.05, 4.69) is 36.6 Å². The molecule has 0 bridgehead atoms. The lowest BCUT2D eigenvalue weighted by atomic mass is 10.1. The predicted octanol–water partition coefficient (Wildman–Crippen LogP) is 1.80. The van der Waals surface area contributed by atoms with Gasteiger partial charge in [-0.3, -0.25) is 4.79 Å². The highest BCUT2D eigenvalue weighted by molar-refractivity contribution is 5.75. The van der Waals surface area contributed by atoms with Crippen LogP contribution in [0.25, 0.3) is 0 Å². The Labute approximate surface area is 120 Å². The molecule has 4 heteroatoms.